The van der Waals surface area contributed by atoms with E-state index in [0.717, 1.165) is 25.0 Å². The fraction of sp³-hybridized carbons (Fsp3) is 0.474. The Morgan fingerprint density at radius 1 is 1.24 bits per heavy atom. The zero-order chi connectivity index (χ0) is 15.2. The van der Waals surface area contributed by atoms with E-state index in [-0.39, 0.29) is 11.5 Å². The molecule has 2 aliphatic rings. The van der Waals surface area contributed by atoms with Gasteiger partial charge in [-0.1, -0.05) is 24.6 Å². The van der Waals surface area contributed by atoms with Gasteiger partial charge in [0.2, 0.25) is 0 Å². The van der Waals surface area contributed by atoms with Gasteiger partial charge >= 0.3 is 0 Å². The van der Waals surface area contributed by atoms with Crippen LogP contribution in [0.1, 0.15) is 42.9 Å². The van der Waals surface area contributed by atoms with Crippen molar-refractivity contribution < 1.29 is 9.84 Å². The summed E-state index contributed by atoms with van der Waals surface area (Å²) in [7, 11) is 1.72. The molecule has 0 heterocycles. The van der Waals surface area contributed by atoms with E-state index < -0.39 is 0 Å². The fourth-order valence-electron chi connectivity index (χ4n) is 3.82. The minimum Gasteiger partial charge on any atom is -0.496 e. The SMILES string of the molecule is COc1c(C)cc(C2=CCC3(C)C(=C2)CCC3O)cc1C. The predicted octanol–water partition coefficient (Wildman–Crippen LogP) is 4.19. The van der Waals surface area contributed by atoms with Crippen molar-refractivity contribution >= 4 is 5.57 Å². The summed E-state index contributed by atoms with van der Waals surface area (Å²) >= 11 is 0. The van der Waals surface area contributed by atoms with Gasteiger partial charge in [-0.15, -0.1) is 0 Å². The molecule has 2 heteroatoms. The fourth-order valence-corrected chi connectivity index (χ4v) is 3.82. The van der Waals surface area contributed by atoms with Gasteiger partial charge in [0.05, 0.1) is 13.2 Å². The zero-order valence-electron chi connectivity index (χ0n) is 13.4. The number of ether oxygens (including phenoxy) is 1. The summed E-state index contributed by atoms with van der Waals surface area (Å²) in [6.07, 6.45) is 7.21. The Kier molecular flexibility index (Phi) is 3.45. The van der Waals surface area contributed by atoms with Gasteiger partial charge in [-0.3, -0.25) is 0 Å². The van der Waals surface area contributed by atoms with Gasteiger partial charge in [0.25, 0.3) is 0 Å². The lowest BCUT2D eigenvalue weighted by atomic mass is 9.74. The molecule has 2 aliphatic carbocycles. The average Bonchev–Trinajstić information content (AvgIpc) is 2.74. The van der Waals surface area contributed by atoms with Crippen molar-refractivity contribution in [2.75, 3.05) is 7.11 Å². The smallest absolute Gasteiger partial charge is 0.124 e. The van der Waals surface area contributed by atoms with Crippen LogP contribution in [0.4, 0.5) is 0 Å². The number of benzene rings is 1. The van der Waals surface area contributed by atoms with E-state index in [4.69, 9.17) is 4.74 Å². The molecule has 1 aromatic carbocycles. The van der Waals surface area contributed by atoms with Crippen molar-refractivity contribution in [3.8, 4) is 5.75 Å². The highest BCUT2D eigenvalue weighted by molar-refractivity contribution is 5.78. The monoisotopic (exact) mass is 284 g/mol. The first-order valence-electron chi connectivity index (χ1n) is 7.70. The molecule has 1 N–H and O–H groups in total. The van der Waals surface area contributed by atoms with Gasteiger partial charge in [0, 0.05) is 5.41 Å². The van der Waals surface area contributed by atoms with Crippen LogP contribution in [0.2, 0.25) is 0 Å². The second-order valence-electron chi connectivity index (χ2n) is 6.65. The second kappa shape index (κ2) is 5.03. The third kappa shape index (κ3) is 2.22. The van der Waals surface area contributed by atoms with Crippen molar-refractivity contribution in [3.63, 3.8) is 0 Å². The topological polar surface area (TPSA) is 29.5 Å². The third-order valence-electron chi connectivity index (χ3n) is 5.23. The summed E-state index contributed by atoms with van der Waals surface area (Å²) < 4.78 is 5.45. The van der Waals surface area contributed by atoms with Crippen LogP contribution in [-0.4, -0.2) is 18.3 Å². The van der Waals surface area contributed by atoms with Gasteiger partial charge in [-0.25, -0.2) is 0 Å². The maximum Gasteiger partial charge on any atom is 0.124 e. The first-order valence-corrected chi connectivity index (χ1v) is 7.70. The van der Waals surface area contributed by atoms with Crippen molar-refractivity contribution in [1.82, 2.24) is 0 Å². The van der Waals surface area contributed by atoms with Crippen LogP contribution >= 0.6 is 0 Å². The molecule has 0 aromatic heterocycles. The maximum atomic E-state index is 10.2. The third-order valence-corrected chi connectivity index (χ3v) is 5.23. The Balaban J connectivity index is 1.99. The highest BCUT2D eigenvalue weighted by Gasteiger charge is 2.42. The summed E-state index contributed by atoms with van der Waals surface area (Å²) in [6.45, 7) is 6.37. The molecule has 0 spiro atoms. The molecule has 0 amide bonds. The number of aliphatic hydroxyl groups excluding tert-OH is 1. The lowest BCUT2D eigenvalue weighted by Gasteiger charge is -2.32. The van der Waals surface area contributed by atoms with Crippen LogP contribution in [0.15, 0.2) is 29.9 Å². The molecule has 21 heavy (non-hydrogen) atoms. The molecule has 2 atom stereocenters. The lowest BCUT2D eigenvalue weighted by molar-refractivity contribution is 0.0853. The Hall–Kier alpha value is -1.54. The van der Waals surface area contributed by atoms with Gasteiger partial charge in [0.1, 0.15) is 5.75 Å². The summed E-state index contributed by atoms with van der Waals surface area (Å²) in [4.78, 5) is 0. The summed E-state index contributed by atoms with van der Waals surface area (Å²) in [5.74, 6) is 0.976. The molecular formula is C19H24O2. The highest BCUT2D eigenvalue weighted by Crippen LogP contribution is 2.49. The molecule has 1 saturated carbocycles. The Labute approximate surface area is 127 Å². The van der Waals surface area contributed by atoms with E-state index in [9.17, 15) is 5.11 Å². The second-order valence-corrected chi connectivity index (χ2v) is 6.65. The normalized spacial score (nSPS) is 28.0. The summed E-state index contributed by atoms with van der Waals surface area (Å²) in [6, 6.07) is 4.39. The maximum absolute atomic E-state index is 10.2. The molecule has 1 aromatic rings. The van der Waals surface area contributed by atoms with E-state index in [1.807, 2.05) is 0 Å². The molecule has 0 saturated heterocycles. The molecule has 0 radical (unpaired) electrons. The number of hydrogen-bond acceptors (Lipinski definition) is 2. The zero-order valence-corrected chi connectivity index (χ0v) is 13.4. The van der Waals surface area contributed by atoms with Crippen LogP contribution in [0.25, 0.3) is 5.57 Å². The molecular weight excluding hydrogens is 260 g/mol. The van der Waals surface area contributed by atoms with E-state index in [1.165, 1.54) is 27.8 Å². The van der Waals surface area contributed by atoms with E-state index in [0.29, 0.717) is 0 Å². The molecule has 0 bridgehead atoms. The minimum absolute atomic E-state index is 0.0416. The molecule has 2 nitrogen and oxygen atoms in total. The Bertz CT molecular complexity index is 616. The van der Waals surface area contributed by atoms with Crippen molar-refractivity contribution in [1.29, 1.82) is 0 Å². The summed E-state index contributed by atoms with van der Waals surface area (Å²) in [5.41, 5.74) is 6.24. The number of rotatable bonds is 2. The van der Waals surface area contributed by atoms with Crippen LogP contribution in [0.5, 0.6) is 5.75 Å². The number of methoxy groups -OCH3 is 1. The van der Waals surface area contributed by atoms with Gasteiger partial charge < -0.3 is 9.84 Å². The van der Waals surface area contributed by atoms with Gasteiger partial charge in [-0.05, 0) is 67.5 Å². The predicted molar refractivity (Wildman–Crippen MR) is 86.5 cm³/mol. The van der Waals surface area contributed by atoms with E-state index in [2.05, 4.69) is 45.1 Å². The first kappa shape index (κ1) is 14.4. The van der Waals surface area contributed by atoms with Crippen molar-refractivity contribution in [3.05, 3.63) is 46.5 Å². The Morgan fingerprint density at radius 3 is 2.52 bits per heavy atom. The average molecular weight is 284 g/mol. The number of allylic oxidation sites excluding steroid dienone is 3. The van der Waals surface area contributed by atoms with Gasteiger partial charge in [-0.2, -0.15) is 0 Å². The standard InChI is InChI=1S/C19H24O2/c1-12-9-15(10-13(2)18(12)21-4)14-7-8-19(3)16(11-14)5-6-17(19)20/h7,9-11,17,20H,5-6,8H2,1-4H3. The van der Waals surface area contributed by atoms with E-state index >= 15 is 0 Å². The Morgan fingerprint density at radius 2 is 1.90 bits per heavy atom. The van der Waals surface area contributed by atoms with Gasteiger partial charge in [0.15, 0.2) is 0 Å². The molecule has 112 valence electrons. The highest BCUT2D eigenvalue weighted by atomic mass is 16.5. The van der Waals surface area contributed by atoms with Crippen LogP contribution < -0.4 is 4.74 Å². The lowest BCUT2D eigenvalue weighted by Crippen LogP contribution is -2.28. The number of fused-ring (bicyclic) bond motifs is 1. The molecule has 3 rings (SSSR count). The first-order chi connectivity index (χ1) is 9.95. The minimum atomic E-state index is -0.194. The summed E-state index contributed by atoms with van der Waals surface area (Å²) in [5, 5.41) is 10.2. The molecule has 1 fully saturated rings. The molecule has 0 aliphatic heterocycles. The van der Waals surface area contributed by atoms with Crippen LogP contribution in [0, 0.1) is 19.3 Å². The largest absolute Gasteiger partial charge is 0.496 e. The van der Waals surface area contributed by atoms with E-state index in [1.54, 1.807) is 7.11 Å². The van der Waals surface area contributed by atoms with Crippen LogP contribution in [0.3, 0.4) is 0 Å². The van der Waals surface area contributed by atoms with Crippen LogP contribution in [-0.2, 0) is 0 Å². The van der Waals surface area contributed by atoms with Crippen molar-refractivity contribution in [2.24, 2.45) is 5.41 Å². The quantitative estimate of drug-likeness (QED) is 0.882. The number of aliphatic hydroxyl groups is 1. The number of hydrogen-bond donors (Lipinski definition) is 1. The van der Waals surface area contributed by atoms with Crippen molar-refractivity contribution in [2.45, 2.75) is 46.1 Å². The number of aryl methyl sites for hydroxylation is 2. The molecule has 2 unspecified atom stereocenters.